The molecule has 28 heavy (non-hydrogen) atoms. The van der Waals surface area contributed by atoms with E-state index in [1.54, 1.807) is 23.1 Å². The minimum atomic E-state index is -3.60. The molecule has 5 nitrogen and oxygen atoms in total. The highest BCUT2D eigenvalue weighted by atomic mass is 32.2. The first-order valence-corrected chi connectivity index (χ1v) is 12.1. The highest BCUT2D eigenvalue weighted by molar-refractivity contribution is 7.98. The molecule has 0 spiro atoms. The fraction of sp³-hybridized carbons (Fsp3) is 0.150. The van der Waals surface area contributed by atoms with Crippen LogP contribution < -0.4 is 10.0 Å². The number of rotatable bonds is 8. The van der Waals surface area contributed by atoms with Crippen molar-refractivity contribution in [3.63, 3.8) is 0 Å². The first kappa shape index (κ1) is 20.6. The molecule has 0 fully saturated rings. The zero-order chi connectivity index (χ0) is 20.0. The lowest BCUT2D eigenvalue weighted by atomic mass is 10.2. The summed E-state index contributed by atoms with van der Waals surface area (Å²) in [5.74, 6) is -0.286. The van der Waals surface area contributed by atoms with E-state index in [9.17, 15) is 13.2 Å². The molecule has 8 heteroatoms. The van der Waals surface area contributed by atoms with Gasteiger partial charge in [-0.25, -0.2) is 13.1 Å². The second kappa shape index (κ2) is 9.38. The van der Waals surface area contributed by atoms with Crippen molar-refractivity contribution in [2.75, 3.05) is 18.1 Å². The van der Waals surface area contributed by atoms with Crippen LogP contribution in [0.4, 0.5) is 5.69 Å². The van der Waals surface area contributed by atoms with Crippen LogP contribution in [0.15, 0.2) is 75.8 Å². The fourth-order valence-electron chi connectivity index (χ4n) is 2.51. The Morgan fingerprint density at radius 2 is 1.75 bits per heavy atom. The lowest BCUT2D eigenvalue weighted by molar-refractivity contribution is 0.102. The van der Waals surface area contributed by atoms with Crippen LogP contribution in [0.2, 0.25) is 0 Å². The molecule has 3 aromatic rings. The Morgan fingerprint density at radius 1 is 1.04 bits per heavy atom. The van der Waals surface area contributed by atoms with Crippen LogP contribution >= 0.6 is 23.1 Å². The summed E-state index contributed by atoms with van der Waals surface area (Å²) in [6, 6.07) is 17.4. The van der Waals surface area contributed by atoms with Crippen molar-refractivity contribution in [2.24, 2.45) is 0 Å². The van der Waals surface area contributed by atoms with Crippen molar-refractivity contribution >= 4 is 44.7 Å². The number of sulfonamides is 1. The van der Waals surface area contributed by atoms with Crippen molar-refractivity contribution in [2.45, 2.75) is 16.2 Å². The number of benzene rings is 2. The predicted octanol–water partition coefficient (Wildman–Crippen LogP) is 4.24. The van der Waals surface area contributed by atoms with Gasteiger partial charge in [-0.05, 0) is 72.7 Å². The topological polar surface area (TPSA) is 75.3 Å². The highest BCUT2D eigenvalue weighted by Gasteiger charge is 2.15. The summed E-state index contributed by atoms with van der Waals surface area (Å²) in [6.07, 6.45) is 2.63. The van der Waals surface area contributed by atoms with Gasteiger partial charge in [0.15, 0.2) is 0 Å². The van der Waals surface area contributed by atoms with Crippen molar-refractivity contribution in [1.82, 2.24) is 4.72 Å². The molecular formula is C20H20N2O3S3. The number of carbonyl (C=O) groups is 1. The number of hydrogen-bond acceptors (Lipinski definition) is 5. The lowest BCUT2D eigenvalue weighted by Crippen LogP contribution is -2.26. The van der Waals surface area contributed by atoms with Gasteiger partial charge in [0.1, 0.15) is 0 Å². The van der Waals surface area contributed by atoms with Gasteiger partial charge < -0.3 is 5.32 Å². The average molecular weight is 433 g/mol. The highest BCUT2D eigenvalue weighted by Crippen LogP contribution is 2.18. The van der Waals surface area contributed by atoms with Gasteiger partial charge in [0.25, 0.3) is 5.91 Å². The molecule has 3 rings (SSSR count). The van der Waals surface area contributed by atoms with Crippen molar-refractivity contribution in [3.8, 4) is 0 Å². The van der Waals surface area contributed by atoms with E-state index < -0.39 is 10.0 Å². The third kappa shape index (κ3) is 5.45. The van der Waals surface area contributed by atoms with Crippen molar-refractivity contribution in [3.05, 3.63) is 76.5 Å². The monoisotopic (exact) mass is 432 g/mol. The molecule has 2 N–H and O–H groups in total. The van der Waals surface area contributed by atoms with Gasteiger partial charge >= 0.3 is 0 Å². The van der Waals surface area contributed by atoms with E-state index in [-0.39, 0.29) is 10.8 Å². The number of thiophene rings is 1. The molecule has 1 heterocycles. The number of hydrogen-bond donors (Lipinski definition) is 2. The summed E-state index contributed by atoms with van der Waals surface area (Å²) in [7, 11) is -3.60. The molecule has 1 aromatic heterocycles. The molecule has 0 bridgehead atoms. The van der Waals surface area contributed by atoms with E-state index >= 15 is 0 Å². The van der Waals surface area contributed by atoms with Crippen LogP contribution in [0.25, 0.3) is 0 Å². The average Bonchev–Trinajstić information content (AvgIpc) is 3.22. The Balaban J connectivity index is 1.60. The van der Waals surface area contributed by atoms with Crippen molar-refractivity contribution in [1.29, 1.82) is 0 Å². The van der Waals surface area contributed by atoms with Gasteiger partial charge in [0, 0.05) is 27.6 Å². The number of anilines is 1. The molecule has 0 aliphatic heterocycles. The normalized spacial score (nSPS) is 11.3. The van der Waals surface area contributed by atoms with Gasteiger partial charge in [0.2, 0.25) is 10.0 Å². The molecule has 0 aliphatic carbocycles. The number of nitrogens with one attached hydrogen (secondary N) is 2. The van der Waals surface area contributed by atoms with Crippen LogP contribution in [-0.4, -0.2) is 27.1 Å². The molecule has 0 atom stereocenters. The summed E-state index contributed by atoms with van der Waals surface area (Å²) in [6.45, 7) is 0.330. The van der Waals surface area contributed by atoms with Gasteiger partial charge in [-0.1, -0.05) is 6.07 Å². The Kier molecular flexibility index (Phi) is 6.90. The quantitative estimate of drug-likeness (QED) is 0.522. The van der Waals surface area contributed by atoms with E-state index in [0.29, 0.717) is 24.2 Å². The summed E-state index contributed by atoms with van der Waals surface area (Å²) in [5, 5.41) is 4.77. The van der Waals surface area contributed by atoms with E-state index in [0.717, 1.165) is 9.77 Å². The number of amides is 1. The molecule has 146 valence electrons. The molecule has 0 unspecified atom stereocenters. The first-order valence-electron chi connectivity index (χ1n) is 8.55. The molecular weight excluding hydrogens is 412 g/mol. The Labute approximate surface area is 173 Å². The van der Waals surface area contributed by atoms with Gasteiger partial charge in [-0.3, -0.25) is 4.79 Å². The molecule has 0 radical (unpaired) electrons. The molecule has 0 saturated heterocycles. The largest absolute Gasteiger partial charge is 0.322 e. The van der Waals surface area contributed by atoms with Crippen LogP contribution in [0.3, 0.4) is 0 Å². The Hall–Kier alpha value is -2.13. The maximum Gasteiger partial charge on any atom is 0.255 e. The number of thioether (sulfide) groups is 1. The standard InChI is InChI=1S/C20H20N2O3S3/c1-26-17-8-6-16(7-9-17)22-20(23)15-4-10-19(11-5-15)28(24,25)21-13-12-18-3-2-14-27-18/h2-11,14,21H,12-13H2,1H3,(H,22,23). The predicted molar refractivity (Wildman–Crippen MR) is 116 cm³/mol. The van der Waals surface area contributed by atoms with Crippen LogP contribution in [0, 0.1) is 0 Å². The van der Waals surface area contributed by atoms with Crippen molar-refractivity contribution < 1.29 is 13.2 Å². The van der Waals surface area contributed by atoms with Crippen LogP contribution in [-0.2, 0) is 16.4 Å². The summed E-state index contributed by atoms with van der Waals surface area (Å²) in [4.78, 5) is 14.7. The second-order valence-corrected chi connectivity index (χ2v) is 9.61. The third-order valence-corrected chi connectivity index (χ3v) is 7.17. The fourth-order valence-corrected chi connectivity index (χ4v) is 4.66. The van der Waals surface area contributed by atoms with E-state index in [1.807, 2.05) is 48.0 Å². The number of carbonyl (C=O) groups excluding carboxylic acids is 1. The Bertz CT molecular complexity index is 1010. The molecule has 2 aromatic carbocycles. The summed E-state index contributed by atoms with van der Waals surface area (Å²) in [5.41, 5.74) is 1.08. The zero-order valence-electron chi connectivity index (χ0n) is 15.2. The third-order valence-electron chi connectivity index (χ3n) is 4.02. The molecule has 0 saturated carbocycles. The summed E-state index contributed by atoms with van der Waals surface area (Å²) >= 11 is 3.22. The maximum absolute atomic E-state index is 12.4. The van der Waals surface area contributed by atoms with E-state index in [2.05, 4.69) is 10.0 Å². The van der Waals surface area contributed by atoms with Gasteiger partial charge in [0.05, 0.1) is 4.90 Å². The molecule has 1 amide bonds. The zero-order valence-corrected chi connectivity index (χ0v) is 17.7. The minimum absolute atomic E-state index is 0.138. The van der Waals surface area contributed by atoms with Crippen LogP contribution in [0.1, 0.15) is 15.2 Å². The maximum atomic E-state index is 12.4. The lowest BCUT2D eigenvalue weighted by Gasteiger charge is -2.08. The second-order valence-electron chi connectivity index (χ2n) is 5.93. The summed E-state index contributed by atoms with van der Waals surface area (Å²) < 4.78 is 27.4. The van der Waals surface area contributed by atoms with Gasteiger partial charge in [-0.15, -0.1) is 23.1 Å². The minimum Gasteiger partial charge on any atom is -0.322 e. The SMILES string of the molecule is CSc1ccc(NC(=O)c2ccc(S(=O)(=O)NCCc3cccs3)cc2)cc1. The van der Waals surface area contributed by atoms with E-state index in [1.165, 1.54) is 24.3 Å². The smallest absolute Gasteiger partial charge is 0.255 e. The first-order chi connectivity index (χ1) is 13.5. The van der Waals surface area contributed by atoms with Gasteiger partial charge in [-0.2, -0.15) is 0 Å². The Morgan fingerprint density at radius 3 is 2.36 bits per heavy atom. The van der Waals surface area contributed by atoms with E-state index in [4.69, 9.17) is 0 Å². The van der Waals surface area contributed by atoms with Crippen LogP contribution in [0.5, 0.6) is 0 Å². The molecule has 0 aliphatic rings.